The molecule has 0 nitrogen and oxygen atoms in total. The van der Waals surface area contributed by atoms with Crippen molar-refractivity contribution in [1.82, 2.24) is 0 Å². The van der Waals surface area contributed by atoms with Crippen LogP contribution in [0.4, 0.5) is 0 Å². The third kappa shape index (κ3) is 6.15. The zero-order valence-electron chi connectivity index (χ0n) is 7.15. The normalized spacial score (nSPS) is 12.7. The molecule has 0 N–H and O–H groups in total. The number of hydrogen-bond donors (Lipinski definition) is 0. The zero-order valence-corrected chi connectivity index (χ0v) is 7.91. The molecule has 0 aliphatic heterocycles. The minimum absolute atomic E-state index is 0.679. The van der Waals surface area contributed by atoms with Gasteiger partial charge < -0.3 is 0 Å². The van der Waals surface area contributed by atoms with Crippen molar-refractivity contribution in [3.05, 3.63) is 11.6 Å². The van der Waals surface area contributed by atoms with Gasteiger partial charge in [-0.05, 0) is 25.7 Å². The molecular formula is C9H17Cl. The molecular weight excluding hydrogens is 144 g/mol. The summed E-state index contributed by atoms with van der Waals surface area (Å²) in [5.41, 5.74) is 1.29. The van der Waals surface area contributed by atoms with Crippen molar-refractivity contribution in [2.45, 2.75) is 33.6 Å². The topological polar surface area (TPSA) is 0 Å². The summed E-state index contributed by atoms with van der Waals surface area (Å²) < 4.78 is 0. The first-order valence-electron chi connectivity index (χ1n) is 3.88. The summed E-state index contributed by atoms with van der Waals surface area (Å²) >= 11 is 5.60. The van der Waals surface area contributed by atoms with Crippen LogP contribution in [0.1, 0.15) is 33.6 Å². The summed E-state index contributed by atoms with van der Waals surface area (Å²) in [4.78, 5) is 0. The average Bonchev–Trinajstić information content (AvgIpc) is 1.87. The van der Waals surface area contributed by atoms with E-state index in [1.54, 1.807) is 0 Å². The number of rotatable bonds is 4. The van der Waals surface area contributed by atoms with Crippen molar-refractivity contribution in [1.29, 1.82) is 0 Å². The molecule has 0 amide bonds. The van der Waals surface area contributed by atoms with Gasteiger partial charge in [0.1, 0.15) is 0 Å². The van der Waals surface area contributed by atoms with Crippen LogP contribution in [0.15, 0.2) is 11.6 Å². The van der Waals surface area contributed by atoms with Gasteiger partial charge >= 0.3 is 0 Å². The molecule has 0 rings (SSSR count). The first-order chi connectivity index (χ1) is 4.66. The van der Waals surface area contributed by atoms with E-state index < -0.39 is 0 Å². The molecule has 0 spiro atoms. The highest BCUT2D eigenvalue weighted by Gasteiger charge is 1.90. The first kappa shape index (κ1) is 10.0. The second kappa shape index (κ2) is 5.79. The van der Waals surface area contributed by atoms with Gasteiger partial charge in [-0.2, -0.15) is 0 Å². The molecule has 0 atom stereocenters. The minimum atomic E-state index is 0.679. The van der Waals surface area contributed by atoms with E-state index in [2.05, 4.69) is 26.8 Å². The summed E-state index contributed by atoms with van der Waals surface area (Å²) in [6.07, 6.45) is 4.68. The lowest BCUT2D eigenvalue weighted by atomic mass is 10.1. The molecule has 1 heteroatoms. The van der Waals surface area contributed by atoms with Crippen LogP contribution >= 0.6 is 11.6 Å². The fourth-order valence-corrected chi connectivity index (χ4v) is 0.827. The molecule has 60 valence electrons. The maximum atomic E-state index is 5.60. The summed E-state index contributed by atoms with van der Waals surface area (Å²) in [6, 6.07) is 0. The van der Waals surface area contributed by atoms with Crippen molar-refractivity contribution < 1.29 is 0 Å². The molecule has 0 bridgehead atoms. The summed E-state index contributed by atoms with van der Waals surface area (Å²) in [5, 5.41) is 0. The van der Waals surface area contributed by atoms with Gasteiger partial charge in [-0.25, -0.2) is 0 Å². The zero-order chi connectivity index (χ0) is 7.98. The molecule has 0 aliphatic rings. The summed E-state index contributed by atoms with van der Waals surface area (Å²) in [7, 11) is 0. The molecule has 0 aromatic heterocycles. The number of hydrogen-bond acceptors (Lipinski definition) is 0. The number of allylic oxidation sites excluding steroid dienone is 2. The number of alkyl halides is 1. The maximum Gasteiger partial charge on any atom is 0.0430 e. The molecule has 0 unspecified atom stereocenters. The predicted molar refractivity (Wildman–Crippen MR) is 48.5 cm³/mol. The predicted octanol–water partition coefficient (Wildman–Crippen LogP) is 3.61. The molecule has 0 aliphatic carbocycles. The van der Waals surface area contributed by atoms with Gasteiger partial charge in [0.15, 0.2) is 0 Å². The second-order valence-corrected chi connectivity index (χ2v) is 3.42. The third-order valence-corrected chi connectivity index (χ3v) is 1.87. The van der Waals surface area contributed by atoms with Crippen molar-refractivity contribution >= 4 is 11.6 Å². The van der Waals surface area contributed by atoms with Crippen LogP contribution in [-0.2, 0) is 0 Å². The molecule has 10 heavy (non-hydrogen) atoms. The smallest absolute Gasteiger partial charge is 0.0430 e. The SMILES string of the molecule is C/C(=C/CCC(C)C)CCl. The van der Waals surface area contributed by atoms with Crippen molar-refractivity contribution in [3.63, 3.8) is 0 Å². The Hall–Kier alpha value is 0.0300. The average molecular weight is 161 g/mol. The standard InChI is InChI=1S/C9H17Cl/c1-8(2)5-4-6-9(3)7-10/h6,8H,4-5,7H2,1-3H3/b9-6-. The van der Waals surface area contributed by atoms with E-state index in [9.17, 15) is 0 Å². The van der Waals surface area contributed by atoms with Gasteiger partial charge in [0.2, 0.25) is 0 Å². The van der Waals surface area contributed by atoms with E-state index in [-0.39, 0.29) is 0 Å². The third-order valence-electron chi connectivity index (χ3n) is 1.45. The largest absolute Gasteiger partial charge is 0.122 e. The van der Waals surface area contributed by atoms with Crippen LogP contribution in [0.5, 0.6) is 0 Å². The molecule has 0 radical (unpaired) electrons. The Morgan fingerprint density at radius 3 is 2.50 bits per heavy atom. The van der Waals surface area contributed by atoms with E-state index in [1.165, 1.54) is 18.4 Å². The maximum absolute atomic E-state index is 5.60. The van der Waals surface area contributed by atoms with E-state index >= 15 is 0 Å². The van der Waals surface area contributed by atoms with E-state index in [4.69, 9.17) is 11.6 Å². The van der Waals surface area contributed by atoms with Gasteiger partial charge in [-0.15, -0.1) is 11.6 Å². The van der Waals surface area contributed by atoms with Crippen molar-refractivity contribution in [2.24, 2.45) is 5.92 Å². The van der Waals surface area contributed by atoms with Gasteiger partial charge in [0.05, 0.1) is 0 Å². The van der Waals surface area contributed by atoms with Crippen LogP contribution in [0, 0.1) is 5.92 Å². The molecule has 0 saturated heterocycles. The Kier molecular flexibility index (Phi) is 5.81. The Morgan fingerprint density at radius 1 is 1.50 bits per heavy atom. The van der Waals surface area contributed by atoms with Crippen molar-refractivity contribution in [3.8, 4) is 0 Å². The summed E-state index contributed by atoms with van der Waals surface area (Å²) in [5.74, 6) is 1.48. The van der Waals surface area contributed by atoms with Gasteiger partial charge in [0.25, 0.3) is 0 Å². The lowest BCUT2D eigenvalue weighted by molar-refractivity contribution is 0.593. The molecule has 0 fully saturated rings. The fraction of sp³-hybridized carbons (Fsp3) is 0.778. The van der Waals surface area contributed by atoms with Crippen LogP contribution in [0.2, 0.25) is 0 Å². The monoisotopic (exact) mass is 160 g/mol. The van der Waals surface area contributed by atoms with Crippen LogP contribution in [-0.4, -0.2) is 5.88 Å². The van der Waals surface area contributed by atoms with E-state index in [0.29, 0.717) is 5.88 Å². The Labute approximate surface area is 69.3 Å². The number of halogens is 1. The Bertz CT molecular complexity index is 103. The fourth-order valence-electron chi connectivity index (χ4n) is 0.718. The molecule has 0 heterocycles. The molecule has 0 aromatic rings. The van der Waals surface area contributed by atoms with E-state index in [1.807, 2.05) is 0 Å². The van der Waals surface area contributed by atoms with Crippen LogP contribution in [0.25, 0.3) is 0 Å². The van der Waals surface area contributed by atoms with Gasteiger partial charge in [-0.3, -0.25) is 0 Å². The Morgan fingerprint density at radius 2 is 2.10 bits per heavy atom. The minimum Gasteiger partial charge on any atom is -0.122 e. The highest BCUT2D eigenvalue weighted by Crippen LogP contribution is 2.06. The van der Waals surface area contributed by atoms with Gasteiger partial charge in [0, 0.05) is 5.88 Å². The second-order valence-electron chi connectivity index (χ2n) is 3.16. The molecule has 0 aromatic carbocycles. The van der Waals surface area contributed by atoms with Crippen LogP contribution < -0.4 is 0 Å². The van der Waals surface area contributed by atoms with E-state index in [0.717, 1.165) is 5.92 Å². The van der Waals surface area contributed by atoms with Gasteiger partial charge in [-0.1, -0.05) is 25.5 Å². The summed E-state index contributed by atoms with van der Waals surface area (Å²) in [6.45, 7) is 6.56. The first-order valence-corrected chi connectivity index (χ1v) is 4.42. The quantitative estimate of drug-likeness (QED) is 0.436. The highest BCUT2D eigenvalue weighted by atomic mass is 35.5. The Balaban J connectivity index is 3.34. The van der Waals surface area contributed by atoms with Crippen LogP contribution in [0.3, 0.4) is 0 Å². The highest BCUT2D eigenvalue weighted by molar-refractivity contribution is 6.19. The van der Waals surface area contributed by atoms with Crippen molar-refractivity contribution in [2.75, 3.05) is 5.88 Å². The lowest BCUT2D eigenvalue weighted by Crippen LogP contribution is -1.85. The molecule has 0 saturated carbocycles. The lowest BCUT2D eigenvalue weighted by Gasteiger charge is -2.00.